The van der Waals surface area contributed by atoms with Crippen LogP contribution in [0.4, 0.5) is 0 Å². The molecule has 0 saturated heterocycles. The fourth-order valence-corrected chi connectivity index (χ4v) is 3.50. The van der Waals surface area contributed by atoms with Crippen molar-refractivity contribution in [2.24, 2.45) is 0 Å². The Balaban J connectivity index is 1.86. The fourth-order valence-electron chi connectivity index (χ4n) is 3.50. The molecule has 4 aromatic rings. The monoisotopic (exact) mass is 462 g/mol. The quantitative estimate of drug-likeness (QED) is 0.365. The number of para-hydroxylation sites is 1. The van der Waals surface area contributed by atoms with Gasteiger partial charge in [-0.05, 0) is 48.5 Å². The number of esters is 1. The Labute approximate surface area is 195 Å². The van der Waals surface area contributed by atoms with E-state index in [-0.39, 0.29) is 22.5 Å². The summed E-state index contributed by atoms with van der Waals surface area (Å²) in [7, 11) is 5.96. The van der Waals surface area contributed by atoms with E-state index in [4.69, 9.17) is 28.1 Å². The van der Waals surface area contributed by atoms with Gasteiger partial charge in [-0.15, -0.1) is 0 Å². The SMILES string of the molecule is COc1ccc(C(=O)Oc2c(-c3ccc(OC)c(OC)c3)oc3ccccc3c2=O)cc1OC. The first-order valence-corrected chi connectivity index (χ1v) is 10.2. The minimum Gasteiger partial charge on any atom is -0.493 e. The van der Waals surface area contributed by atoms with Gasteiger partial charge in [-0.25, -0.2) is 4.79 Å². The van der Waals surface area contributed by atoms with Crippen LogP contribution >= 0.6 is 0 Å². The topological polar surface area (TPSA) is 93.4 Å². The molecule has 0 amide bonds. The minimum atomic E-state index is -0.759. The molecule has 0 saturated carbocycles. The van der Waals surface area contributed by atoms with E-state index in [1.165, 1.54) is 40.6 Å². The largest absolute Gasteiger partial charge is 0.493 e. The van der Waals surface area contributed by atoms with Gasteiger partial charge in [0.05, 0.1) is 39.4 Å². The van der Waals surface area contributed by atoms with E-state index in [0.29, 0.717) is 34.1 Å². The summed E-state index contributed by atoms with van der Waals surface area (Å²) >= 11 is 0. The van der Waals surface area contributed by atoms with Crippen molar-refractivity contribution in [1.82, 2.24) is 0 Å². The fraction of sp³-hybridized carbons (Fsp3) is 0.154. The molecule has 0 bridgehead atoms. The molecule has 0 spiro atoms. The highest BCUT2D eigenvalue weighted by molar-refractivity contribution is 5.93. The number of carbonyl (C=O) groups is 1. The average Bonchev–Trinajstić information content (AvgIpc) is 2.89. The zero-order chi connectivity index (χ0) is 24.2. The lowest BCUT2D eigenvalue weighted by Gasteiger charge is -2.13. The van der Waals surface area contributed by atoms with Crippen LogP contribution in [-0.4, -0.2) is 34.4 Å². The van der Waals surface area contributed by atoms with Crippen molar-refractivity contribution in [3.05, 3.63) is 76.5 Å². The summed E-state index contributed by atoms with van der Waals surface area (Å²) in [5, 5.41) is 0.279. The maximum Gasteiger partial charge on any atom is 0.343 e. The zero-order valence-electron chi connectivity index (χ0n) is 19.0. The first-order chi connectivity index (χ1) is 16.5. The molecule has 1 aromatic heterocycles. The molecule has 174 valence electrons. The molecule has 0 fully saturated rings. The second-order valence-electron chi connectivity index (χ2n) is 7.11. The van der Waals surface area contributed by atoms with Gasteiger partial charge in [0, 0.05) is 5.56 Å². The van der Waals surface area contributed by atoms with Crippen molar-refractivity contribution >= 4 is 16.9 Å². The number of carbonyl (C=O) groups excluding carboxylic acids is 1. The van der Waals surface area contributed by atoms with Gasteiger partial charge in [0.2, 0.25) is 11.2 Å². The molecule has 34 heavy (non-hydrogen) atoms. The summed E-state index contributed by atoms with van der Waals surface area (Å²) in [5.74, 6) is 0.804. The van der Waals surface area contributed by atoms with E-state index < -0.39 is 11.4 Å². The molecular weight excluding hydrogens is 440 g/mol. The second kappa shape index (κ2) is 9.58. The zero-order valence-corrected chi connectivity index (χ0v) is 19.0. The number of methoxy groups -OCH3 is 4. The number of ether oxygens (including phenoxy) is 5. The Morgan fingerprint density at radius 2 is 1.35 bits per heavy atom. The molecule has 0 aliphatic carbocycles. The smallest absolute Gasteiger partial charge is 0.343 e. The minimum absolute atomic E-state index is 0.0819. The van der Waals surface area contributed by atoms with E-state index >= 15 is 0 Å². The highest BCUT2D eigenvalue weighted by Gasteiger charge is 2.23. The van der Waals surface area contributed by atoms with E-state index in [2.05, 4.69) is 0 Å². The van der Waals surface area contributed by atoms with Crippen LogP contribution in [0.25, 0.3) is 22.3 Å². The third-order valence-electron chi connectivity index (χ3n) is 5.22. The predicted molar refractivity (Wildman–Crippen MR) is 126 cm³/mol. The van der Waals surface area contributed by atoms with Crippen LogP contribution in [0, 0.1) is 0 Å². The van der Waals surface area contributed by atoms with E-state index in [1.54, 1.807) is 48.5 Å². The Morgan fingerprint density at radius 3 is 2.03 bits per heavy atom. The predicted octanol–water partition coefficient (Wildman–Crippen LogP) is 4.71. The maximum atomic E-state index is 13.4. The third-order valence-corrected chi connectivity index (χ3v) is 5.22. The molecule has 0 radical (unpaired) electrons. The lowest BCUT2D eigenvalue weighted by molar-refractivity contribution is 0.0731. The normalized spacial score (nSPS) is 10.6. The Hall–Kier alpha value is -4.46. The molecule has 0 unspecified atom stereocenters. The van der Waals surface area contributed by atoms with Gasteiger partial charge in [-0.1, -0.05) is 12.1 Å². The van der Waals surface area contributed by atoms with E-state index in [1.807, 2.05) is 0 Å². The van der Waals surface area contributed by atoms with Crippen molar-refractivity contribution in [3.8, 4) is 40.1 Å². The molecular formula is C26H22O8. The van der Waals surface area contributed by atoms with Crippen molar-refractivity contribution in [2.75, 3.05) is 28.4 Å². The highest BCUT2D eigenvalue weighted by atomic mass is 16.5. The van der Waals surface area contributed by atoms with Crippen molar-refractivity contribution in [3.63, 3.8) is 0 Å². The summed E-state index contributed by atoms with van der Waals surface area (Å²) in [6.07, 6.45) is 0. The molecule has 8 heteroatoms. The number of benzene rings is 3. The summed E-state index contributed by atoms with van der Waals surface area (Å²) in [4.78, 5) is 26.4. The molecule has 0 atom stereocenters. The van der Waals surface area contributed by atoms with Gasteiger partial charge < -0.3 is 28.1 Å². The van der Waals surface area contributed by atoms with Gasteiger partial charge in [-0.3, -0.25) is 4.79 Å². The van der Waals surface area contributed by atoms with Crippen LogP contribution in [0.3, 0.4) is 0 Å². The molecule has 3 aromatic carbocycles. The lowest BCUT2D eigenvalue weighted by atomic mass is 10.1. The van der Waals surface area contributed by atoms with Crippen LogP contribution in [-0.2, 0) is 0 Å². The number of hydrogen-bond donors (Lipinski definition) is 0. The van der Waals surface area contributed by atoms with Crippen molar-refractivity contribution < 1.29 is 32.9 Å². The summed E-state index contributed by atoms with van der Waals surface area (Å²) in [6, 6.07) is 16.3. The first kappa shape index (κ1) is 22.7. The summed E-state index contributed by atoms with van der Waals surface area (Å²) < 4.78 is 32.8. The molecule has 4 rings (SSSR count). The van der Waals surface area contributed by atoms with Gasteiger partial charge in [0.25, 0.3) is 0 Å². The molecule has 8 nitrogen and oxygen atoms in total. The molecule has 1 heterocycles. The van der Waals surface area contributed by atoms with Crippen molar-refractivity contribution in [1.29, 1.82) is 0 Å². The molecule has 0 aliphatic heterocycles. The summed E-state index contributed by atoms with van der Waals surface area (Å²) in [6.45, 7) is 0. The highest BCUT2D eigenvalue weighted by Crippen LogP contribution is 2.37. The van der Waals surface area contributed by atoms with Crippen molar-refractivity contribution in [2.45, 2.75) is 0 Å². The number of fused-ring (bicyclic) bond motifs is 1. The van der Waals surface area contributed by atoms with Crippen LogP contribution in [0.2, 0.25) is 0 Å². The van der Waals surface area contributed by atoms with Gasteiger partial charge >= 0.3 is 5.97 Å². The van der Waals surface area contributed by atoms with E-state index in [9.17, 15) is 9.59 Å². The van der Waals surface area contributed by atoms with E-state index in [0.717, 1.165) is 0 Å². The molecule has 0 N–H and O–H groups in total. The Kier molecular flexibility index (Phi) is 6.40. The maximum absolute atomic E-state index is 13.4. The third kappa shape index (κ3) is 4.13. The van der Waals surface area contributed by atoms with Gasteiger partial charge in [-0.2, -0.15) is 0 Å². The Bertz CT molecular complexity index is 1420. The molecule has 0 aliphatic rings. The summed E-state index contributed by atoms with van der Waals surface area (Å²) in [5.41, 5.74) is 0.503. The van der Waals surface area contributed by atoms with Crippen LogP contribution in [0.1, 0.15) is 10.4 Å². The van der Waals surface area contributed by atoms with Gasteiger partial charge in [0.15, 0.2) is 28.8 Å². The lowest BCUT2D eigenvalue weighted by Crippen LogP contribution is -2.16. The number of hydrogen-bond acceptors (Lipinski definition) is 8. The number of rotatable bonds is 7. The standard InChI is InChI=1S/C26H22O8/c1-29-19-11-9-15(13-21(19)31-3)24-25(23(27)17-7-5-6-8-18(17)33-24)34-26(28)16-10-12-20(30-2)22(14-16)32-4/h5-14H,1-4H3. The van der Waals surface area contributed by atoms with Gasteiger partial charge in [0.1, 0.15) is 5.58 Å². The van der Waals surface area contributed by atoms with Crippen LogP contribution in [0.5, 0.6) is 28.7 Å². The average molecular weight is 462 g/mol. The Morgan fingerprint density at radius 1 is 0.735 bits per heavy atom. The van der Waals surface area contributed by atoms with Crippen LogP contribution < -0.4 is 29.1 Å². The first-order valence-electron chi connectivity index (χ1n) is 10.2. The van der Waals surface area contributed by atoms with Crippen LogP contribution in [0.15, 0.2) is 69.9 Å². The second-order valence-corrected chi connectivity index (χ2v) is 7.11.